The van der Waals surface area contributed by atoms with Crippen LogP contribution in [0.25, 0.3) is 0 Å². The third kappa shape index (κ3) is 4.02. The summed E-state index contributed by atoms with van der Waals surface area (Å²) in [5.74, 6) is 0.459. The number of hydrogen-bond acceptors (Lipinski definition) is 2. The van der Waals surface area contributed by atoms with Crippen LogP contribution < -0.4 is 5.73 Å². The minimum Gasteiger partial charge on any atom is -0.328 e. The zero-order chi connectivity index (χ0) is 13.8. The summed E-state index contributed by atoms with van der Waals surface area (Å²) < 4.78 is 13.2. The van der Waals surface area contributed by atoms with Gasteiger partial charge in [0, 0.05) is 18.6 Å². The van der Waals surface area contributed by atoms with E-state index in [-0.39, 0.29) is 11.9 Å². The summed E-state index contributed by atoms with van der Waals surface area (Å²) in [7, 11) is 0. The van der Waals surface area contributed by atoms with Crippen LogP contribution >= 0.6 is 0 Å². The Morgan fingerprint density at radius 1 is 1.42 bits per heavy atom. The van der Waals surface area contributed by atoms with Crippen molar-refractivity contribution in [3.8, 4) is 0 Å². The van der Waals surface area contributed by atoms with Crippen molar-refractivity contribution in [3.63, 3.8) is 0 Å². The fourth-order valence-corrected chi connectivity index (χ4v) is 3.00. The lowest BCUT2D eigenvalue weighted by molar-refractivity contribution is 0.121. The van der Waals surface area contributed by atoms with E-state index in [2.05, 4.69) is 18.7 Å². The predicted molar refractivity (Wildman–Crippen MR) is 77.5 cm³/mol. The van der Waals surface area contributed by atoms with Crippen molar-refractivity contribution < 1.29 is 4.39 Å². The highest BCUT2D eigenvalue weighted by atomic mass is 19.1. The molecule has 3 atom stereocenters. The van der Waals surface area contributed by atoms with E-state index in [0.717, 1.165) is 25.1 Å². The lowest BCUT2D eigenvalue weighted by Gasteiger charge is -2.38. The summed E-state index contributed by atoms with van der Waals surface area (Å²) in [6.45, 7) is 6.55. The van der Waals surface area contributed by atoms with E-state index < -0.39 is 0 Å². The zero-order valence-corrected chi connectivity index (χ0v) is 12.0. The van der Waals surface area contributed by atoms with Crippen LogP contribution in [0, 0.1) is 11.7 Å². The van der Waals surface area contributed by atoms with Crippen molar-refractivity contribution in [2.24, 2.45) is 11.7 Å². The first-order chi connectivity index (χ1) is 9.06. The van der Waals surface area contributed by atoms with Crippen LogP contribution in [-0.4, -0.2) is 30.1 Å². The van der Waals surface area contributed by atoms with Gasteiger partial charge < -0.3 is 5.73 Å². The lowest BCUT2D eigenvalue weighted by Crippen LogP contribution is -2.46. The van der Waals surface area contributed by atoms with Gasteiger partial charge in [0.15, 0.2) is 0 Å². The summed E-state index contributed by atoms with van der Waals surface area (Å²) in [6, 6.07) is 7.66. The predicted octanol–water partition coefficient (Wildman–Crippen LogP) is 2.82. The Kier molecular flexibility index (Phi) is 4.94. The maximum atomic E-state index is 13.2. The Morgan fingerprint density at radius 2 is 2.21 bits per heavy atom. The number of likely N-dealkylation sites (tertiary alicyclic amines) is 1. The average molecular weight is 264 g/mol. The second-order valence-corrected chi connectivity index (χ2v) is 5.94. The molecule has 1 fully saturated rings. The molecule has 3 unspecified atom stereocenters. The topological polar surface area (TPSA) is 29.3 Å². The maximum Gasteiger partial charge on any atom is 0.123 e. The highest BCUT2D eigenvalue weighted by Gasteiger charge is 2.25. The second kappa shape index (κ2) is 6.49. The fourth-order valence-electron chi connectivity index (χ4n) is 3.00. The standard InChI is InChI=1S/C16H25FN2/c1-12(9-14-5-3-7-16(17)10-14)19-8-4-6-15(11-19)13(2)18/h3,5,7,10,12-13,15H,4,6,8-9,11,18H2,1-2H3. The van der Waals surface area contributed by atoms with Crippen molar-refractivity contribution in [2.75, 3.05) is 13.1 Å². The first-order valence-corrected chi connectivity index (χ1v) is 7.30. The molecule has 0 spiro atoms. The molecule has 2 rings (SSSR count). The molecule has 0 aromatic heterocycles. The van der Waals surface area contributed by atoms with Crippen LogP contribution in [0.2, 0.25) is 0 Å². The normalized spacial score (nSPS) is 24.1. The SMILES string of the molecule is CC(N)C1CCCN(C(C)Cc2cccc(F)c2)C1. The molecule has 2 nitrogen and oxygen atoms in total. The smallest absolute Gasteiger partial charge is 0.123 e. The van der Waals surface area contributed by atoms with E-state index >= 15 is 0 Å². The van der Waals surface area contributed by atoms with Crippen LogP contribution in [-0.2, 0) is 6.42 Å². The van der Waals surface area contributed by atoms with Gasteiger partial charge >= 0.3 is 0 Å². The van der Waals surface area contributed by atoms with Crippen LogP contribution in [0.5, 0.6) is 0 Å². The van der Waals surface area contributed by atoms with Gasteiger partial charge in [-0.1, -0.05) is 12.1 Å². The highest BCUT2D eigenvalue weighted by molar-refractivity contribution is 5.17. The van der Waals surface area contributed by atoms with Gasteiger partial charge in [-0.25, -0.2) is 4.39 Å². The van der Waals surface area contributed by atoms with Gasteiger partial charge in [-0.15, -0.1) is 0 Å². The van der Waals surface area contributed by atoms with Crippen LogP contribution in [0.4, 0.5) is 4.39 Å². The largest absolute Gasteiger partial charge is 0.328 e. The summed E-state index contributed by atoms with van der Waals surface area (Å²) in [5.41, 5.74) is 7.10. The Balaban J connectivity index is 1.94. The summed E-state index contributed by atoms with van der Waals surface area (Å²) in [4.78, 5) is 2.50. The number of piperidine rings is 1. The van der Waals surface area contributed by atoms with Crippen molar-refractivity contribution in [1.29, 1.82) is 0 Å². The first-order valence-electron chi connectivity index (χ1n) is 7.30. The molecule has 3 heteroatoms. The van der Waals surface area contributed by atoms with Gasteiger partial charge in [-0.3, -0.25) is 4.90 Å². The maximum absolute atomic E-state index is 13.2. The monoisotopic (exact) mass is 264 g/mol. The van der Waals surface area contributed by atoms with E-state index in [0.29, 0.717) is 12.0 Å². The molecular weight excluding hydrogens is 239 g/mol. The molecule has 0 bridgehead atoms. The first kappa shape index (κ1) is 14.5. The quantitative estimate of drug-likeness (QED) is 0.906. The molecule has 106 valence electrons. The third-order valence-electron chi connectivity index (χ3n) is 4.28. The molecule has 0 amide bonds. The number of rotatable bonds is 4. The number of benzene rings is 1. The van der Waals surface area contributed by atoms with E-state index in [1.165, 1.54) is 18.9 Å². The van der Waals surface area contributed by atoms with Gasteiger partial charge in [0.2, 0.25) is 0 Å². The van der Waals surface area contributed by atoms with Gasteiger partial charge in [-0.05, 0) is 63.3 Å². The molecule has 1 saturated heterocycles. The van der Waals surface area contributed by atoms with Gasteiger partial charge in [0.1, 0.15) is 5.82 Å². The average Bonchev–Trinajstić information content (AvgIpc) is 2.39. The summed E-state index contributed by atoms with van der Waals surface area (Å²) in [6.07, 6.45) is 3.37. The highest BCUT2D eigenvalue weighted by Crippen LogP contribution is 2.22. The molecule has 1 aromatic rings. The van der Waals surface area contributed by atoms with Gasteiger partial charge in [0.05, 0.1) is 0 Å². The number of halogens is 1. The van der Waals surface area contributed by atoms with E-state index in [4.69, 9.17) is 5.73 Å². The molecule has 1 aromatic carbocycles. The van der Waals surface area contributed by atoms with Crippen molar-refractivity contribution in [1.82, 2.24) is 4.90 Å². The molecule has 19 heavy (non-hydrogen) atoms. The lowest BCUT2D eigenvalue weighted by atomic mass is 9.90. The third-order valence-corrected chi connectivity index (χ3v) is 4.28. The minimum atomic E-state index is -0.142. The molecular formula is C16H25FN2. The van der Waals surface area contributed by atoms with Crippen molar-refractivity contribution in [3.05, 3.63) is 35.6 Å². The number of nitrogens with two attached hydrogens (primary N) is 1. The van der Waals surface area contributed by atoms with Gasteiger partial charge in [-0.2, -0.15) is 0 Å². The van der Waals surface area contributed by atoms with E-state index in [1.54, 1.807) is 12.1 Å². The molecule has 0 aliphatic carbocycles. The molecule has 0 saturated carbocycles. The second-order valence-electron chi connectivity index (χ2n) is 5.94. The Morgan fingerprint density at radius 3 is 2.89 bits per heavy atom. The fraction of sp³-hybridized carbons (Fsp3) is 0.625. The molecule has 0 radical (unpaired) electrons. The summed E-state index contributed by atoms with van der Waals surface area (Å²) >= 11 is 0. The molecule has 2 N–H and O–H groups in total. The number of nitrogens with zero attached hydrogens (tertiary/aromatic N) is 1. The van der Waals surface area contributed by atoms with E-state index in [1.807, 2.05) is 6.07 Å². The molecule has 1 aliphatic heterocycles. The van der Waals surface area contributed by atoms with Crippen molar-refractivity contribution in [2.45, 2.75) is 45.2 Å². The van der Waals surface area contributed by atoms with Crippen molar-refractivity contribution >= 4 is 0 Å². The number of hydrogen-bond donors (Lipinski definition) is 1. The van der Waals surface area contributed by atoms with Crippen LogP contribution in [0.15, 0.2) is 24.3 Å². The molecule has 1 heterocycles. The van der Waals surface area contributed by atoms with Crippen LogP contribution in [0.1, 0.15) is 32.3 Å². The molecule has 1 aliphatic rings. The Bertz CT molecular complexity index is 405. The van der Waals surface area contributed by atoms with E-state index in [9.17, 15) is 4.39 Å². The Labute approximate surface area is 115 Å². The Hall–Kier alpha value is -0.930. The summed E-state index contributed by atoms with van der Waals surface area (Å²) in [5, 5.41) is 0. The minimum absolute atomic E-state index is 0.142. The van der Waals surface area contributed by atoms with Gasteiger partial charge in [0.25, 0.3) is 0 Å². The van der Waals surface area contributed by atoms with Crippen LogP contribution in [0.3, 0.4) is 0 Å². The zero-order valence-electron chi connectivity index (χ0n) is 12.0.